The van der Waals surface area contributed by atoms with Gasteiger partial charge >= 0.3 is 0 Å². The van der Waals surface area contributed by atoms with Crippen LogP contribution in [0, 0.1) is 6.92 Å². The monoisotopic (exact) mass is 265 g/mol. The summed E-state index contributed by atoms with van der Waals surface area (Å²) in [5.74, 6) is 0.677. The number of nitrogens with zero attached hydrogens (tertiary/aromatic N) is 2. The van der Waals surface area contributed by atoms with Gasteiger partial charge in [0, 0.05) is 0 Å². The zero-order chi connectivity index (χ0) is 13.9. The summed E-state index contributed by atoms with van der Waals surface area (Å²) in [4.78, 5) is 16.6. The molecular formula is C16H15N3O. The molecule has 1 aliphatic rings. The summed E-state index contributed by atoms with van der Waals surface area (Å²) in [5.41, 5.74) is 5.87. The van der Waals surface area contributed by atoms with E-state index >= 15 is 0 Å². The highest BCUT2D eigenvalue weighted by atomic mass is 16.2. The third-order valence-corrected chi connectivity index (χ3v) is 3.19. The highest BCUT2D eigenvalue weighted by Gasteiger charge is 2.26. The lowest BCUT2D eigenvalue weighted by molar-refractivity contribution is -0.116. The van der Waals surface area contributed by atoms with Gasteiger partial charge in [-0.25, -0.2) is 10.0 Å². The molecule has 0 bridgehead atoms. The molecular weight excluding hydrogens is 250 g/mol. The van der Waals surface area contributed by atoms with Crippen LogP contribution >= 0.6 is 0 Å². The topological polar surface area (TPSA) is 44.7 Å². The number of hydrazine groups is 1. The summed E-state index contributed by atoms with van der Waals surface area (Å²) in [6.45, 7) is 2.01. The fourth-order valence-electron chi connectivity index (χ4n) is 2.14. The van der Waals surface area contributed by atoms with Gasteiger partial charge in [-0.15, -0.1) is 0 Å². The van der Waals surface area contributed by atoms with Gasteiger partial charge in [0.05, 0.1) is 17.8 Å². The fraction of sp³-hybridized carbons (Fsp3) is 0.125. The standard InChI is InChI=1S/C16H15N3O/c1-12-7-5-6-10-14(12)17-15-11-16(20)19(18-15)13-8-3-2-4-9-13/h2-10H,11H2,1H3,(H,17,18). The predicted octanol–water partition coefficient (Wildman–Crippen LogP) is 2.97. The van der Waals surface area contributed by atoms with Gasteiger partial charge in [0.15, 0.2) is 0 Å². The summed E-state index contributed by atoms with van der Waals surface area (Å²) in [6, 6.07) is 17.4. The highest BCUT2D eigenvalue weighted by molar-refractivity contribution is 6.14. The van der Waals surface area contributed by atoms with Crippen LogP contribution in [0.1, 0.15) is 12.0 Å². The van der Waals surface area contributed by atoms with Crippen molar-refractivity contribution >= 4 is 23.1 Å². The number of rotatable bonds is 2. The van der Waals surface area contributed by atoms with E-state index in [1.54, 1.807) is 0 Å². The molecule has 1 heterocycles. The molecule has 1 amide bonds. The first kappa shape index (κ1) is 12.4. The van der Waals surface area contributed by atoms with Crippen LogP contribution < -0.4 is 10.4 Å². The first-order valence-corrected chi connectivity index (χ1v) is 6.52. The average molecular weight is 265 g/mol. The maximum Gasteiger partial charge on any atom is 0.253 e. The Labute approximate surface area is 117 Å². The summed E-state index contributed by atoms with van der Waals surface area (Å²) in [5, 5.41) is 1.54. The van der Waals surface area contributed by atoms with E-state index < -0.39 is 0 Å². The molecule has 20 heavy (non-hydrogen) atoms. The zero-order valence-corrected chi connectivity index (χ0v) is 11.2. The number of hydrogen-bond acceptors (Lipinski definition) is 2. The first-order valence-electron chi connectivity index (χ1n) is 6.52. The van der Waals surface area contributed by atoms with E-state index in [4.69, 9.17) is 0 Å². The van der Waals surface area contributed by atoms with Gasteiger partial charge in [-0.05, 0) is 30.7 Å². The maximum atomic E-state index is 12.0. The Morgan fingerprint density at radius 2 is 1.75 bits per heavy atom. The molecule has 0 aromatic heterocycles. The van der Waals surface area contributed by atoms with Gasteiger partial charge in [0.1, 0.15) is 5.84 Å². The summed E-state index contributed by atoms with van der Waals surface area (Å²) < 4.78 is 0. The van der Waals surface area contributed by atoms with Crippen molar-refractivity contribution in [2.24, 2.45) is 4.99 Å². The lowest BCUT2D eigenvalue weighted by Gasteiger charge is -2.15. The van der Waals surface area contributed by atoms with Crippen LogP contribution in [0.15, 0.2) is 59.6 Å². The SMILES string of the molecule is Cc1ccccc1N=C1CC(=O)N(c2ccccc2)N1. The minimum Gasteiger partial charge on any atom is -0.278 e. The lowest BCUT2D eigenvalue weighted by Crippen LogP contribution is -2.35. The molecule has 0 spiro atoms. The number of anilines is 1. The smallest absolute Gasteiger partial charge is 0.253 e. The second-order valence-electron chi connectivity index (χ2n) is 4.70. The van der Waals surface area contributed by atoms with Crippen molar-refractivity contribution in [2.45, 2.75) is 13.3 Å². The van der Waals surface area contributed by atoms with Gasteiger partial charge in [0.2, 0.25) is 0 Å². The van der Waals surface area contributed by atoms with Crippen molar-refractivity contribution in [3.63, 3.8) is 0 Å². The largest absolute Gasteiger partial charge is 0.278 e. The molecule has 1 fully saturated rings. The molecule has 100 valence electrons. The van der Waals surface area contributed by atoms with Crippen molar-refractivity contribution in [2.75, 3.05) is 5.01 Å². The van der Waals surface area contributed by atoms with Crippen molar-refractivity contribution in [1.82, 2.24) is 5.43 Å². The molecule has 1 aliphatic heterocycles. The molecule has 0 radical (unpaired) electrons. The molecule has 3 rings (SSSR count). The predicted molar refractivity (Wildman–Crippen MR) is 80.0 cm³/mol. The lowest BCUT2D eigenvalue weighted by atomic mass is 10.2. The van der Waals surface area contributed by atoms with E-state index in [1.165, 1.54) is 5.01 Å². The highest BCUT2D eigenvalue weighted by Crippen LogP contribution is 2.21. The molecule has 0 aliphatic carbocycles. The Balaban J connectivity index is 1.86. The summed E-state index contributed by atoms with van der Waals surface area (Å²) in [7, 11) is 0. The van der Waals surface area contributed by atoms with Crippen LogP contribution in [-0.2, 0) is 4.79 Å². The van der Waals surface area contributed by atoms with Crippen molar-refractivity contribution in [3.05, 3.63) is 60.2 Å². The Bertz CT molecular complexity index is 664. The minimum atomic E-state index is 0.00327. The quantitative estimate of drug-likeness (QED) is 0.907. The van der Waals surface area contributed by atoms with Gasteiger partial charge in [0.25, 0.3) is 5.91 Å². The average Bonchev–Trinajstić information content (AvgIpc) is 2.83. The maximum absolute atomic E-state index is 12.0. The number of carbonyl (C=O) groups excluding carboxylic acids is 1. The zero-order valence-electron chi connectivity index (χ0n) is 11.2. The Morgan fingerprint density at radius 3 is 2.50 bits per heavy atom. The fourth-order valence-corrected chi connectivity index (χ4v) is 2.14. The number of para-hydroxylation sites is 2. The Morgan fingerprint density at radius 1 is 1.05 bits per heavy atom. The van der Waals surface area contributed by atoms with Gasteiger partial charge < -0.3 is 0 Å². The third kappa shape index (κ3) is 2.40. The number of hydrogen-bond donors (Lipinski definition) is 1. The second-order valence-corrected chi connectivity index (χ2v) is 4.70. The normalized spacial score (nSPS) is 16.6. The van der Waals surface area contributed by atoms with Crippen molar-refractivity contribution in [1.29, 1.82) is 0 Å². The number of aliphatic imine (C=N–C) groups is 1. The molecule has 0 atom stereocenters. The number of amides is 1. The van der Waals surface area contributed by atoms with Crippen LogP contribution in [0.5, 0.6) is 0 Å². The van der Waals surface area contributed by atoms with E-state index in [9.17, 15) is 4.79 Å². The van der Waals surface area contributed by atoms with E-state index in [0.29, 0.717) is 12.3 Å². The molecule has 1 N–H and O–H groups in total. The van der Waals surface area contributed by atoms with Gasteiger partial charge in [-0.1, -0.05) is 36.4 Å². The molecule has 1 saturated heterocycles. The molecule has 0 saturated carbocycles. The van der Waals surface area contributed by atoms with Crippen LogP contribution in [0.3, 0.4) is 0 Å². The molecule has 0 unspecified atom stereocenters. The number of benzene rings is 2. The van der Waals surface area contributed by atoms with Crippen LogP contribution in [0.4, 0.5) is 11.4 Å². The van der Waals surface area contributed by atoms with Gasteiger partial charge in [-0.2, -0.15) is 0 Å². The van der Waals surface area contributed by atoms with E-state index in [2.05, 4.69) is 10.4 Å². The van der Waals surface area contributed by atoms with Crippen LogP contribution in [0.25, 0.3) is 0 Å². The number of amidine groups is 1. The summed E-state index contributed by atoms with van der Waals surface area (Å²) in [6.07, 6.45) is 0.295. The van der Waals surface area contributed by atoms with E-state index in [0.717, 1.165) is 16.9 Å². The molecule has 2 aromatic carbocycles. The van der Waals surface area contributed by atoms with Crippen LogP contribution in [-0.4, -0.2) is 11.7 Å². The number of carbonyl (C=O) groups is 1. The van der Waals surface area contributed by atoms with Crippen molar-refractivity contribution in [3.8, 4) is 0 Å². The molecule has 4 nitrogen and oxygen atoms in total. The van der Waals surface area contributed by atoms with Crippen LogP contribution in [0.2, 0.25) is 0 Å². The minimum absolute atomic E-state index is 0.00327. The van der Waals surface area contributed by atoms with Crippen molar-refractivity contribution < 1.29 is 4.79 Å². The van der Waals surface area contributed by atoms with E-state index in [-0.39, 0.29) is 5.91 Å². The number of aryl methyl sites for hydroxylation is 1. The Kier molecular flexibility index (Phi) is 3.21. The Hall–Kier alpha value is -2.62. The third-order valence-electron chi connectivity index (χ3n) is 3.19. The van der Waals surface area contributed by atoms with E-state index in [1.807, 2.05) is 61.5 Å². The van der Waals surface area contributed by atoms with Gasteiger partial charge in [-0.3, -0.25) is 10.2 Å². The number of nitrogens with one attached hydrogen (secondary N) is 1. The second kappa shape index (κ2) is 5.17. The molecule has 4 heteroatoms. The first-order chi connectivity index (χ1) is 9.74. The summed E-state index contributed by atoms with van der Waals surface area (Å²) >= 11 is 0. The molecule has 2 aromatic rings.